The zero-order chi connectivity index (χ0) is 20.2. The third-order valence-corrected chi connectivity index (χ3v) is 6.78. The van der Waals surface area contributed by atoms with E-state index in [1.807, 2.05) is 4.90 Å². The van der Waals surface area contributed by atoms with Crippen molar-refractivity contribution in [1.29, 1.82) is 0 Å². The molecule has 1 saturated heterocycles. The van der Waals surface area contributed by atoms with E-state index in [-0.39, 0.29) is 17.6 Å². The first-order valence-electron chi connectivity index (χ1n) is 9.52. The Morgan fingerprint density at radius 2 is 2.03 bits per heavy atom. The van der Waals surface area contributed by atoms with Gasteiger partial charge in [-0.05, 0) is 30.7 Å². The van der Waals surface area contributed by atoms with E-state index >= 15 is 0 Å². The quantitative estimate of drug-likeness (QED) is 0.647. The summed E-state index contributed by atoms with van der Waals surface area (Å²) < 4.78 is 5.09. The Morgan fingerprint density at radius 3 is 2.72 bits per heavy atom. The summed E-state index contributed by atoms with van der Waals surface area (Å²) in [7, 11) is 0. The standard InChI is InChI=1S/C20H22N4O3S2/c1-2-17-21-14(13-28-17)12-23-7-9-24(10-8-23)20(26)16-5-6-18(29-16)22-19(25)15-4-3-11-27-15/h3-6,11,13H,2,7-10,12H2,1H3,(H,22,25). The van der Waals surface area contributed by atoms with Gasteiger partial charge in [0.25, 0.3) is 11.8 Å². The lowest BCUT2D eigenvalue weighted by Crippen LogP contribution is -2.48. The number of piperazine rings is 1. The van der Waals surface area contributed by atoms with E-state index in [9.17, 15) is 9.59 Å². The molecule has 0 radical (unpaired) electrons. The Labute approximate surface area is 177 Å². The summed E-state index contributed by atoms with van der Waals surface area (Å²) in [4.78, 5) is 34.3. The van der Waals surface area contributed by atoms with Crippen LogP contribution in [-0.2, 0) is 13.0 Å². The molecule has 0 aromatic carbocycles. The van der Waals surface area contributed by atoms with Gasteiger partial charge in [0.05, 0.1) is 26.8 Å². The number of aryl methyl sites for hydroxylation is 1. The van der Waals surface area contributed by atoms with E-state index in [1.54, 1.807) is 35.6 Å². The molecule has 1 aliphatic heterocycles. The van der Waals surface area contributed by atoms with Gasteiger partial charge in [0.1, 0.15) is 0 Å². The second-order valence-electron chi connectivity index (χ2n) is 6.75. The van der Waals surface area contributed by atoms with Gasteiger partial charge in [-0.1, -0.05) is 6.92 Å². The van der Waals surface area contributed by atoms with Crippen molar-refractivity contribution in [2.75, 3.05) is 31.5 Å². The molecule has 152 valence electrons. The fraction of sp³-hybridized carbons (Fsp3) is 0.350. The average molecular weight is 431 g/mol. The number of carbonyl (C=O) groups is 2. The smallest absolute Gasteiger partial charge is 0.291 e. The minimum absolute atomic E-state index is 0.00933. The lowest BCUT2D eigenvalue weighted by Gasteiger charge is -2.34. The first-order chi connectivity index (χ1) is 14.1. The van der Waals surface area contributed by atoms with E-state index in [4.69, 9.17) is 4.42 Å². The van der Waals surface area contributed by atoms with Gasteiger partial charge in [-0.25, -0.2) is 4.98 Å². The molecule has 0 spiro atoms. The maximum Gasteiger partial charge on any atom is 0.291 e. The first-order valence-corrected chi connectivity index (χ1v) is 11.2. The van der Waals surface area contributed by atoms with Crippen LogP contribution in [0.25, 0.3) is 0 Å². The van der Waals surface area contributed by atoms with Gasteiger partial charge in [-0.2, -0.15) is 0 Å². The summed E-state index contributed by atoms with van der Waals surface area (Å²) in [5, 5.41) is 6.69. The predicted molar refractivity (Wildman–Crippen MR) is 114 cm³/mol. The number of aromatic nitrogens is 1. The van der Waals surface area contributed by atoms with Gasteiger partial charge in [-0.15, -0.1) is 22.7 Å². The van der Waals surface area contributed by atoms with Crippen LogP contribution in [0.4, 0.5) is 5.00 Å². The molecule has 4 rings (SSSR count). The molecule has 0 atom stereocenters. The largest absolute Gasteiger partial charge is 0.459 e. The van der Waals surface area contributed by atoms with Crippen LogP contribution in [0.15, 0.2) is 40.3 Å². The number of amides is 2. The Morgan fingerprint density at radius 1 is 1.21 bits per heavy atom. The van der Waals surface area contributed by atoms with Gasteiger partial charge < -0.3 is 14.6 Å². The van der Waals surface area contributed by atoms with E-state index in [0.29, 0.717) is 23.0 Å². The van der Waals surface area contributed by atoms with Crippen LogP contribution >= 0.6 is 22.7 Å². The second kappa shape index (κ2) is 8.89. The lowest BCUT2D eigenvalue weighted by atomic mass is 10.2. The molecule has 0 aliphatic carbocycles. The third-order valence-electron chi connectivity index (χ3n) is 4.75. The topological polar surface area (TPSA) is 78.7 Å². The summed E-state index contributed by atoms with van der Waals surface area (Å²) in [6, 6.07) is 6.78. The normalized spacial score (nSPS) is 14.9. The molecule has 9 heteroatoms. The number of rotatable bonds is 6. The number of carbonyl (C=O) groups excluding carboxylic acids is 2. The number of nitrogens with one attached hydrogen (secondary N) is 1. The van der Waals surface area contributed by atoms with Gasteiger partial charge in [0.2, 0.25) is 0 Å². The first kappa shape index (κ1) is 19.8. The number of nitrogens with zero attached hydrogens (tertiary/aromatic N) is 3. The van der Waals surface area contributed by atoms with Gasteiger partial charge >= 0.3 is 0 Å². The third kappa shape index (κ3) is 4.75. The molecular formula is C20H22N4O3S2. The molecule has 1 aliphatic rings. The van der Waals surface area contributed by atoms with Crippen LogP contribution in [0.3, 0.4) is 0 Å². The van der Waals surface area contributed by atoms with Crippen molar-refractivity contribution in [2.45, 2.75) is 19.9 Å². The summed E-state index contributed by atoms with van der Waals surface area (Å²) in [5.74, 6) is -0.0682. The zero-order valence-corrected chi connectivity index (χ0v) is 17.7. The number of anilines is 1. The molecule has 2 amide bonds. The highest BCUT2D eigenvalue weighted by Gasteiger charge is 2.24. The number of hydrogen-bond acceptors (Lipinski definition) is 7. The van der Waals surface area contributed by atoms with Crippen LogP contribution < -0.4 is 5.32 Å². The van der Waals surface area contributed by atoms with E-state index in [0.717, 1.165) is 31.7 Å². The summed E-state index contributed by atoms with van der Waals surface area (Å²) in [6.45, 7) is 5.99. The molecular weight excluding hydrogens is 408 g/mol. The van der Waals surface area contributed by atoms with Crippen molar-refractivity contribution < 1.29 is 14.0 Å². The lowest BCUT2D eigenvalue weighted by molar-refractivity contribution is 0.0632. The van der Waals surface area contributed by atoms with Crippen molar-refractivity contribution in [3.05, 3.63) is 57.2 Å². The summed E-state index contributed by atoms with van der Waals surface area (Å²) in [6.07, 6.45) is 2.42. The van der Waals surface area contributed by atoms with E-state index in [1.165, 1.54) is 22.6 Å². The average Bonchev–Trinajstić information content (AvgIpc) is 3.50. The second-order valence-corrected chi connectivity index (χ2v) is 8.78. The van der Waals surface area contributed by atoms with Crippen molar-refractivity contribution in [3.63, 3.8) is 0 Å². The highest BCUT2D eigenvalue weighted by atomic mass is 32.1. The van der Waals surface area contributed by atoms with Crippen LogP contribution in [0.5, 0.6) is 0 Å². The molecule has 4 heterocycles. The molecule has 7 nitrogen and oxygen atoms in total. The van der Waals surface area contributed by atoms with Crippen LogP contribution in [0.1, 0.15) is 37.9 Å². The number of thiophene rings is 1. The summed E-state index contributed by atoms with van der Waals surface area (Å²) >= 11 is 2.99. The molecule has 0 unspecified atom stereocenters. The minimum Gasteiger partial charge on any atom is -0.459 e. The minimum atomic E-state index is -0.322. The number of thiazole rings is 1. The predicted octanol–water partition coefficient (Wildman–Crippen LogP) is 3.57. The molecule has 3 aromatic heterocycles. The van der Waals surface area contributed by atoms with Crippen molar-refractivity contribution in [1.82, 2.24) is 14.8 Å². The maximum atomic E-state index is 12.8. The highest BCUT2D eigenvalue weighted by Crippen LogP contribution is 2.24. The molecule has 3 aromatic rings. The van der Waals surface area contributed by atoms with Crippen LogP contribution in [0, 0.1) is 0 Å². The Balaban J connectivity index is 1.29. The molecule has 29 heavy (non-hydrogen) atoms. The SMILES string of the molecule is CCc1nc(CN2CCN(C(=O)c3ccc(NC(=O)c4ccco4)s3)CC2)cs1. The van der Waals surface area contributed by atoms with Gasteiger partial charge in [0.15, 0.2) is 5.76 Å². The molecule has 0 saturated carbocycles. The fourth-order valence-corrected chi connectivity index (χ4v) is 4.78. The molecule has 1 N–H and O–H groups in total. The van der Waals surface area contributed by atoms with Gasteiger partial charge in [0, 0.05) is 38.1 Å². The van der Waals surface area contributed by atoms with E-state index in [2.05, 4.69) is 27.5 Å². The molecule has 1 fully saturated rings. The van der Waals surface area contributed by atoms with Crippen molar-refractivity contribution >= 4 is 39.5 Å². The zero-order valence-electron chi connectivity index (χ0n) is 16.1. The maximum absolute atomic E-state index is 12.8. The van der Waals surface area contributed by atoms with Crippen LogP contribution in [-0.4, -0.2) is 52.8 Å². The monoisotopic (exact) mass is 430 g/mol. The van der Waals surface area contributed by atoms with E-state index < -0.39 is 0 Å². The Hall–Kier alpha value is -2.49. The van der Waals surface area contributed by atoms with Gasteiger partial charge in [-0.3, -0.25) is 14.5 Å². The number of furan rings is 1. The van der Waals surface area contributed by atoms with Crippen molar-refractivity contribution in [2.24, 2.45) is 0 Å². The van der Waals surface area contributed by atoms with Crippen molar-refractivity contribution in [3.8, 4) is 0 Å². The highest BCUT2D eigenvalue weighted by molar-refractivity contribution is 7.18. The molecule has 0 bridgehead atoms. The Bertz CT molecular complexity index is 972. The number of hydrogen-bond donors (Lipinski definition) is 1. The summed E-state index contributed by atoms with van der Waals surface area (Å²) in [5.41, 5.74) is 1.11. The van der Waals surface area contributed by atoms with Crippen LogP contribution in [0.2, 0.25) is 0 Å². The fourth-order valence-electron chi connectivity index (χ4n) is 3.18. The Kier molecular flexibility index (Phi) is 6.08.